The van der Waals surface area contributed by atoms with Gasteiger partial charge in [-0.15, -0.1) is 0 Å². The van der Waals surface area contributed by atoms with Crippen molar-refractivity contribution in [3.8, 4) is 11.5 Å². The molecule has 1 aliphatic rings. The minimum atomic E-state index is -3.60. The Morgan fingerprint density at radius 3 is 2.48 bits per heavy atom. The summed E-state index contributed by atoms with van der Waals surface area (Å²) in [5.41, 5.74) is 0.920. The van der Waals surface area contributed by atoms with Gasteiger partial charge in [-0.3, -0.25) is 4.79 Å². The monoisotopic (exact) mass is 437 g/mol. The molecule has 1 fully saturated rings. The summed E-state index contributed by atoms with van der Waals surface area (Å²) in [4.78, 5) is 12.5. The van der Waals surface area contributed by atoms with Crippen LogP contribution in [0.3, 0.4) is 0 Å². The van der Waals surface area contributed by atoms with Gasteiger partial charge in [0.2, 0.25) is 10.0 Å². The van der Waals surface area contributed by atoms with E-state index in [0.29, 0.717) is 37.4 Å². The van der Waals surface area contributed by atoms with E-state index in [-0.39, 0.29) is 27.2 Å². The summed E-state index contributed by atoms with van der Waals surface area (Å²) >= 11 is 5.94. The molecular formula is C20H20ClNO6S. The molecule has 0 amide bonds. The predicted octanol–water partition coefficient (Wildman–Crippen LogP) is 2.97. The van der Waals surface area contributed by atoms with Crippen molar-refractivity contribution in [2.45, 2.75) is 4.90 Å². The number of phenolic OH excluding ortho intramolecular Hbond substituents is 1. The summed E-state index contributed by atoms with van der Waals surface area (Å²) in [6.45, 7) is 1.36. The van der Waals surface area contributed by atoms with E-state index < -0.39 is 10.0 Å². The number of hydrogen-bond acceptors (Lipinski definition) is 6. The molecule has 0 bridgehead atoms. The highest BCUT2D eigenvalue weighted by atomic mass is 35.5. The first-order valence-corrected chi connectivity index (χ1v) is 10.6. The van der Waals surface area contributed by atoms with Crippen LogP contribution in [0.15, 0.2) is 47.4 Å². The second-order valence-corrected chi connectivity index (χ2v) is 8.64. The maximum absolute atomic E-state index is 12.6. The average molecular weight is 438 g/mol. The molecule has 0 aromatic heterocycles. The van der Waals surface area contributed by atoms with Crippen LogP contribution >= 0.6 is 11.6 Å². The zero-order chi connectivity index (χ0) is 21.0. The molecule has 2 aromatic rings. The SMILES string of the molecule is COc1cc(C=CC(=O)c2ccc(S(=O)(=O)N3CCOCC3)cc2)cc(Cl)c1O. The summed E-state index contributed by atoms with van der Waals surface area (Å²) in [5.74, 6) is -0.277. The molecule has 7 nitrogen and oxygen atoms in total. The van der Waals surface area contributed by atoms with Crippen LogP contribution in [0, 0.1) is 0 Å². The number of morpholine rings is 1. The molecule has 0 radical (unpaired) electrons. The fourth-order valence-electron chi connectivity index (χ4n) is 2.84. The number of methoxy groups -OCH3 is 1. The van der Waals surface area contributed by atoms with E-state index in [9.17, 15) is 18.3 Å². The van der Waals surface area contributed by atoms with Gasteiger partial charge in [-0.25, -0.2) is 8.42 Å². The first kappa shape index (κ1) is 21.3. The average Bonchev–Trinajstić information content (AvgIpc) is 2.75. The Kier molecular flexibility index (Phi) is 6.59. The smallest absolute Gasteiger partial charge is 0.243 e. The predicted molar refractivity (Wildman–Crippen MR) is 109 cm³/mol. The topological polar surface area (TPSA) is 93.1 Å². The standard InChI is InChI=1S/C20H20ClNO6S/c1-27-19-13-14(12-17(21)20(19)24)2-7-18(23)15-3-5-16(6-4-15)29(25,26)22-8-10-28-11-9-22/h2-7,12-13,24H,8-11H2,1H3. The van der Waals surface area contributed by atoms with Gasteiger partial charge in [0.25, 0.3) is 0 Å². The Bertz CT molecular complexity index is 1030. The van der Waals surface area contributed by atoms with Crippen molar-refractivity contribution in [2.75, 3.05) is 33.4 Å². The van der Waals surface area contributed by atoms with Gasteiger partial charge in [0, 0.05) is 18.7 Å². The van der Waals surface area contributed by atoms with E-state index in [1.54, 1.807) is 6.07 Å². The molecule has 1 N–H and O–H groups in total. The molecule has 0 unspecified atom stereocenters. The van der Waals surface area contributed by atoms with Crippen LogP contribution in [0.25, 0.3) is 6.08 Å². The minimum Gasteiger partial charge on any atom is -0.503 e. The lowest BCUT2D eigenvalue weighted by Gasteiger charge is -2.26. The normalized spacial score (nSPS) is 15.5. The molecule has 2 aromatic carbocycles. The van der Waals surface area contributed by atoms with Crippen LogP contribution < -0.4 is 4.74 Å². The number of ether oxygens (including phenoxy) is 2. The van der Waals surface area contributed by atoms with E-state index in [1.807, 2.05) is 0 Å². The van der Waals surface area contributed by atoms with Gasteiger partial charge in [0.1, 0.15) is 0 Å². The molecule has 1 saturated heterocycles. The van der Waals surface area contributed by atoms with Crippen LogP contribution in [0.4, 0.5) is 0 Å². The quantitative estimate of drug-likeness (QED) is 0.551. The molecular weight excluding hydrogens is 418 g/mol. The number of carbonyl (C=O) groups is 1. The number of nitrogens with zero attached hydrogens (tertiary/aromatic N) is 1. The van der Waals surface area contributed by atoms with Crippen molar-refractivity contribution in [3.63, 3.8) is 0 Å². The lowest BCUT2D eigenvalue weighted by Crippen LogP contribution is -2.40. The number of hydrogen-bond donors (Lipinski definition) is 1. The summed E-state index contributed by atoms with van der Waals surface area (Å²) in [5, 5.41) is 9.86. The number of rotatable bonds is 6. The fourth-order valence-corrected chi connectivity index (χ4v) is 4.47. The van der Waals surface area contributed by atoms with Crippen LogP contribution in [0.5, 0.6) is 11.5 Å². The zero-order valence-electron chi connectivity index (χ0n) is 15.7. The second kappa shape index (κ2) is 8.96. The van der Waals surface area contributed by atoms with Crippen LogP contribution in [-0.4, -0.2) is 57.0 Å². The molecule has 1 heterocycles. The summed E-state index contributed by atoms with van der Waals surface area (Å²) in [6.07, 6.45) is 2.88. The summed E-state index contributed by atoms with van der Waals surface area (Å²) in [7, 11) is -2.21. The number of allylic oxidation sites excluding steroid dienone is 1. The summed E-state index contributed by atoms with van der Waals surface area (Å²) in [6, 6.07) is 8.84. The lowest BCUT2D eigenvalue weighted by molar-refractivity contribution is 0.0730. The number of benzene rings is 2. The number of carbonyl (C=O) groups excluding carboxylic acids is 1. The first-order valence-electron chi connectivity index (χ1n) is 8.80. The van der Waals surface area contributed by atoms with Gasteiger partial charge in [-0.1, -0.05) is 17.7 Å². The van der Waals surface area contributed by atoms with Gasteiger partial charge in [0.05, 0.1) is 30.2 Å². The molecule has 0 aliphatic carbocycles. The van der Waals surface area contributed by atoms with E-state index in [0.717, 1.165) is 0 Å². The highest BCUT2D eigenvalue weighted by Crippen LogP contribution is 2.35. The summed E-state index contributed by atoms with van der Waals surface area (Å²) < 4.78 is 36.8. The Labute approximate surface area is 174 Å². The maximum atomic E-state index is 12.6. The van der Waals surface area contributed by atoms with E-state index >= 15 is 0 Å². The van der Waals surface area contributed by atoms with Crippen LogP contribution in [-0.2, 0) is 14.8 Å². The van der Waals surface area contributed by atoms with E-state index in [2.05, 4.69) is 0 Å². The number of halogens is 1. The maximum Gasteiger partial charge on any atom is 0.243 e. The van der Waals surface area contributed by atoms with Crippen molar-refractivity contribution in [2.24, 2.45) is 0 Å². The molecule has 0 saturated carbocycles. The van der Waals surface area contributed by atoms with Gasteiger partial charge >= 0.3 is 0 Å². The van der Waals surface area contributed by atoms with Gasteiger partial charge in [0.15, 0.2) is 17.3 Å². The molecule has 1 aliphatic heterocycles. The largest absolute Gasteiger partial charge is 0.503 e. The Morgan fingerprint density at radius 1 is 1.21 bits per heavy atom. The highest BCUT2D eigenvalue weighted by molar-refractivity contribution is 7.89. The van der Waals surface area contributed by atoms with E-state index in [4.69, 9.17) is 21.1 Å². The molecule has 3 rings (SSSR count). The number of sulfonamides is 1. The zero-order valence-corrected chi connectivity index (χ0v) is 17.2. The number of ketones is 1. The fraction of sp³-hybridized carbons (Fsp3) is 0.250. The molecule has 9 heteroatoms. The van der Waals surface area contributed by atoms with Gasteiger partial charge in [-0.2, -0.15) is 4.31 Å². The van der Waals surface area contributed by atoms with Gasteiger partial charge < -0.3 is 14.6 Å². The molecule has 29 heavy (non-hydrogen) atoms. The minimum absolute atomic E-state index is 0.106. The van der Waals surface area contributed by atoms with Crippen molar-refractivity contribution in [1.82, 2.24) is 4.31 Å². The van der Waals surface area contributed by atoms with E-state index in [1.165, 1.54) is 53.9 Å². The third-order valence-corrected chi connectivity index (χ3v) is 6.65. The lowest BCUT2D eigenvalue weighted by atomic mass is 10.1. The van der Waals surface area contributed by atoms with Crippen LogP contribution in [0.2, 0.25) is 5.02 Å². The second-order valence-electron chi connectivity index (χ2n) is 6.29. The Hall–Kier alpha value is -2.39. The third kappa shape index (κ3) is 4.79. The number of phenols is 1. The highest BCUT2D eigenvalue weighted by Gasteiger charge is 2.26. The molecule has 0 atom stereocenters. The Morgan fingerprint density at radius 2 is 1.86 bits per heavy atom. The number of aromatic hydroxyl groups is 1. The van der Waals surface area contributed by atoms with Crippen molar-refractivity contribution < 1.29 is 27.8 Å². The first-order chi connectivity index (χ1) is 13.8. The molecule has 154 valence electrons. The third-order valence-electron chi connectivity index (χ3n) is 4.44. The Balaban J connectivity index is 1.75. The van der Waals surface area contributed by atoms with Gasteiger partial charge in [-0.05, 0) is 48.0 Å². The molecule has 0 spiro atoms. The van der Waals surface area contributed by atoms with Crippen molar-refractivity contribution >= 4 is 33.5 Å². The van der Waals surface area contributed by atoms with Crippen LogP contribution in [0.1, 0.15) is 15.9 Å². The van der Waals surface area contributed by atoms with Crippen molar-refractivity contribution in [1.29, 1.82) is 0 Å². The van der Waals surface area contributed by atoms with Crippen molar-refractivity contribution in [3.05, 3.63) is 58.6 Å².